The Bertz CT molecular complexity index is 511. The summed E-state index contributed by atoms with van der Waals surface area (Å²) in [5.41, 5.74) is 0. The van der Waals surface area contributed by atoms with Crippen molar-refractivity contribution >= 4 is 11.9 Å². The lowest BCUT2D eigenvalue weighted by atomic mass is 10.0. The first-order valence-corrected chi connectivity index (χ1v) is 19.0. The van der Waals surface area contributed by atoms with Crippen LogP contribution in [0.2, 0.25) is 0 Å². The Hall–Kier alpha value is -1.14. The maximum atomic E-state index is 10.4. The molecule has 0 saturated carbocycles. The summed E-state index contributed by atoms with van der Waals surface area (Å²) < 4.78 is 0. The third-order valence-electron chi connectivity index (χ3n) is 9.01. The van der Waals surface area contributed by atoms with Crippen LogP contribution in [-0.2, 0) is 9.59 Å². The first-order chi connectivity index (χ1) is 20.6. The van der Waals surface area contributed by atoms with Gasteiger partial charge in [-0.2, -0.15) is 0 Å². The molecule has 0 fully saturated rings. The van der Waals surface area contributed by atoms with Gasteiger partial charge in [-0.05, 0) is 25.7 Å². The van der Waals surface area contributed by atoms with Crippen molar-refractivity contribution in [1.82, 2.24) is 12.3 Å². The minimum Gasteiger partial charge on any atom is -0.550 e. The molecule has 0 atom stereocenters. The number of rotatable bonds is 37. The summed E-state index contributed by atoms with van der Waals surface area (Å²) in [5, 5.41) is 20.7. The quantitative estimate of drug-likeness (QED) is 0.0656. The smallest absolute Gasteiger partial charge is 0.0414 e. The molecule has 0 aromatic heterocycles. The van der Waals surface area contributed by atoms with Crippen LogP contribution in [0.1, 0.15) is 231 Å². The van der Waals surface area contributed by atoms with Crippen molar-refractivity contribution < 1.29 is 19.8 Å². The van der Waals surface area contributed by atoms with Crippen LogP contribution in [0.3, 0.4) is 0 Å². The van der Waals surface area contributed by atoms with Crippen molar-refractivity contribution in [2.45, 2.75) is 231 Å². The molecule has 0 rings (SSSR count). The van der Waals surface area contributed by atoms with E-state index in [0.29, 0.717) is 0 Å². The zero-order valence-corrected chi connectivity index (χ0v) is 30.1. The summed E-state index contributed by atoms with van der Waals surface area (Å²) in [6.07, 6.45) is 45.7. The fraction of sp³-hybridized carbons (Fsp3) is 0.947. The van der Waals surface area contributed by atoms with E-state index >= 15 is 0 Å². The molecule has 6 heteroatoms. The van der Waals surface area contributed by atoms with Crippen molar-refractivity contribution in [3.8, 4) is 0 Å². The van der Waals surface area contributed by atoms with Crippen molar-refractivity contribution in [2.75, 3.05) is 0 Å². The summed E-state index contributed by atoms with van der Waals surface area (Å²) in [6.45, 7) is 0. The van der Waals surface area contributed by atoms with Gasteiger partial charge in [0.15, 0.2) is 0 Å². The van der Waals surface area contributed by atoms with Crippen LogP contribution in [-0.4, -0.2) is 11.9 Å². The second kappa shape index (κ2) is 41.9. The molecule has 0 saturated heterocycles. The van der Waals surface area contributed by atoms with Gasteiger partial charge in [0.1, 0.15) is 0 Å². The van der Waals surface area contributed by atoms with Gasteiger partial charge in [-0.1, -0.05) is 205 Å². The summed E-state index contributed by atoms with van der Waals surface area (Å²) in [5.74, 6) is -1.81. The second-order valence-corrected chi connectivity index (χ2v) is 13.3. The van der Waals surface area contributed by atoms with Crippen LogP contribution in [0.4, 0.5) is 0 Å². The average Bonchev–Trinajstić information content (AvgIpc) is 2.96. The minimum absolute atomic E-state index is 0. The highest BCUT2D eigenvalue weighted by Crippen LogP contribution is 2.17. The number of hydrogen-bond acceptors (Lipinski definition) is 4. The Kier molecular flexibility index (Phi) is 45.0. The number of unbranched alkanes of at least 4 members (excludes halogenated alkanes) is 33. The zero-order valence-electron chi connectivity index (χ0n) is 30.1. The lowest BCUT2D eigenvalue weighted by Crippen LogP contribution is -2.21. The first kappa shape index (κ1) is 47.3. The third kappa shape index (κ3) is 45.3. The molecule has 266 valence electrons. The molecule has 0 radical (unpaired) electrons. The maximum Gasteiger partial charge on any atom is 0.0414 e. The minimum atomic E-state index is -0.904. The van der Waals surface area contributed by atoms with Crippen molar-refractivity contribution in [3.63, 3.8) is 0 Å². The van der Waals surface area contributed by atoms with Crippen molar-refractivity contribution in [3.05, 3.63) is 0 Å². The van der Waals surface area contributed by atoms with E-state index in [-0.39, 0.29) is 25.1 Å². The molecule has 0 aliphatic heterocycles. The molecule has 0 spiro atoms. The molecule has 0 aromatic rings. The van der Waals surface area contributed by atoms with Crippen LogP contribution >= 0.6 is 0 Å². The van der Waals surface area contributed by atoms with Gasteiger partial charge in [0.25, 0.3) is 0 Å². The molecule has 0 amide bonds. The Balaban J connectivity index is -0.00000840. The molecular formula is C38H80N2O4. The number of carboxylic acid groups (broad SMARTS) is 2. The molecule has 8 N–H and O–H groups in total. The molecule has 44 heavy (non-hydrogen) atoms. The Labute approximate surface area is 274 Å². The van der Waals surface area contributed by atoms with Gasteiger partial charge in [-0.15, -0.1) is 0 Å². The van der Waals surface area contributed by atoms with E-state index in [2.05, 4.69) is 0 Å². The second-order valence-electron chi connectivity index (χ2n) is 13.3. The van der Waals surface area contributed by atoms with Gasteiger partial charge in [-0.25, -0.2) is 0 Å². The van der Waals surface area contributed by atoms with Crippen LogP contribution in [0.5, 0.6) is 0 Å². The monoisotopic (exact) mass is 629 g/mol. The molecule has 0 bridgehead atoms. The molecule has 6 nitrogen and oxygen atoms in total. The van der Waals surface area contributed by atoms with Crippen LogP contribution in [0, 0.1) is 0 Å². The number of quaternary nitrogens is 2. The number of hydrogen-bond donors (Lipinski definition) is 2. The van der Waals surface area contributed by atoms with E-state index in [1.165, 1.54) is 193 Å². The number of carbonyl (C=O) groups is 2. The van der Waals surface area contributed by atoms with Gasteiger partial charge in [0.2, 0.25) is 0 Å². The lowest BCUT2D eigenvalue weighted by Gasteiger charge is -2.05. The van der Waals surface area contributed by atoms with Gasteiger partial charge < -0.3 is 32.1 Å². The predicted octanol–water partition coefficient (Wildman–Crippen LogP) is 11.3. The number of aliphatic carboxylic acids is 2. The van der Waals surface area contributed by atoms with E-state index in [0.717, 1.165) is 25.7 Å². The van der Waals surface area contributed by atoms with Gasteiger partial charge in [0, 0.05) is 11.9 Å². The van der Waals surface area contributed by atoms with Gasteiger partial charge >= 0.3 is 0 Å². The van der Waals surface area contributed by atoms with E-state index in [4.69, 9.17) is 0 Å². The highest BCUT2D eigenvalue weighted by molar-refractivity contribution is 5.64. The largest absolute Gasteiger partial charge is 0.550 e. The summed E-state index contributed by atoms with van der Waals surface area (Å²) in [6, 6.07) is 0. The first-order valence-electron chi connectivity index (χ1n) is 19.0. The Morgan fingerprint density at radius 1 is 0.227 bits per heavy atom. The molecular weight excluding hydrogens is 548 g/mol. The third-order valence-corrected chi connectivity index (χ3v) is 9.01. The van der Waals surface area contributed by atoms with E-state index in [9.17, 15) is 19.8 Å². The fourth-order valence-electron chi connectivity index (χ4n) is 6.20. The van der Waals surface area contributed by atoms with Crippen molar-refractivity contribution in [2.24, 2.45) is 0 Å². The maximum absolute atomic E-state index is 10.4. The highest BCUT2D eigenvalue weighted by atomic mass is 16.4. The predicted molar refractivity (Wildman–Crippen MR) is 188 cm³/mol. The van der Waals surface area contributed by atoms with E-state index < -0.39 is 11.9 Å². The standard InChI is InChI=1S/C38H74O4.2H3N/c39-37(40)35-33-31-29-27-25-23-21-19-17-15-13-11-9-7-5-3-1-2-4-6-8-10-12-14-16-18-20-22-24-26-28-30-32-34-36-38(41)42;;/h1-36H2,(H,39,40)(H,41,42);2*1H3. The van der Waals surface area contributed by atoms with Crippen LogP contribution in [0.15, 0.2) is 0 Å². The summed E-state index contributed by atoms with van der Waals surface area (Å²) in [4.78, 5) is 20.7. The Morgan fingerprint density at radius 3 is 0.409 bits per heavy atom. The van der Waals surface area contributed by atoms with Gasteiger partial charge in [0.05, 0.1) is 0 Å². The molecule has 0 heterocycles. The van der Waals surface area contributed by atoms with Gasteiger partial charge in [-0.3, -0.25) is 0 Å². The highest BCUT2D eigenvalue weighted by Gasteiger charge is 1.98. The molecule has 0 aliphatic rings. The summed E-state index contributed by atoms with van der Waals surface area (Å²) in [7, 11) is 0. The van der Waals surface area contributed by atoms with Crippen molar-refractivity contribution in [1.29, 1.82) is 0 Å². The fourth-order valence-corrected chi connectivity index (χ4v) is 6.20. The molecule has 0 aromatic carbocycles. The zero-order chi connectivity index (χ0) is 30.6. The molecule has 0 aliphatic carbocycles. The van der Waals surface area contributed by atoms with E-state index in [1.54, 1.807) is 0 Å². The van der Waals surface area contributed by atoms with Crippen LogP contribution in [0.25, 0.3) is 0 Å². The SMILES string of the molecule is O=C([O-])CCCCCCCCCCCCCCCCCCCCCCCCCCCCCCCCCCCCC(=O)[O-].[NH4+].[NH4+]. The number of carbonyl (C=O) groups excluding carboxylic acids is 2. The Morgan fingerprint density at radius 2 is 0.318 bits per heavy atom. The molecule has 0 unspecified atom stereocenters. The van der Waals surface area contributed by atoms with E-state index in [1.807, 2.05) is 0 Å². The number of carboxylic acids is 2. The average molecular weight is 629 g/mol. The lowest BCUT2D eigenvalue weighted by molar-refractivity contribution is -0.307. The van der Waals surface area contributed by atoms with Crippen LogP contribution < -0.4 is 22.5 Å². The topological polar surface area (TPSA) is 153 Å². The normalized spacial score (nSPS) is 10.8. The summed E-state index contributed by atoms with van der Waals surface area (Å²) >= 11 is 0.